The van der Waals surface area contributed by atoms with Crippen molar-refractivity contribution in [2.75, 3.05) is 13.1 Å². The fraction of sp³-hybridized carbons (Fsp3) is 0.333. The smallest absolute Gasteiger partial charge is 0.241 e. The Hall–Kier alpha value is -3.13. The lowest BCUT2D eigenvalue weighted by Gasteiger charge is -2.30. The Morgan fingerprint density at radius 3 is 3.00 bits per heavy atom. The van der Waals surface area contributed by atoms with Crippen molar-refractivity contribution in [1.29, 1.82) is 0 Å². The van der Waals surface area contributed by atoms with Gasteiger partial charge in [0.15, 0.2) is 0 Å². The number of aromatic nitrogens is 3. The number of hydrogen-bond acceptors (Lipinski definition) is 6. The predicted molar refractivity (Wildman–Crippen MR) is 104 cm³/mol. The summed E-state index contributed by atoms with van der Waals surface area (Å²) in [5, 5.41) is 6.87. The number of halogens is 1. The molecular weight excluding hydrogens is 373 g/mol. The molecule has 0 radical (unpaired) electrons. The van der Waals surface area contributed by atoms with Crippen LogP contribution in [0, 0.1) is 11.7 Å². The largest absolute Gasteiger partial charge is 0.352 e. The zero-order valence-electron chi connectivity index (χ0n) is 15.9. The Labute approximate surface area is 168 Å². The molecule has 2 aromatic heterocycles. The summed E-state index contributed by atoms with van der Waals surface area (Å²) in [7, 11) is 0. The summed E-state index contributed by atoms with van der Waals surface area (Å²) in [6.45, 7) is 2.15. The first kappa shape index (κ1) is 19.2. The van der Waals surface area contributed by atoms with Gasteiger partial charge in [0.25, 0.3) is 0 Å². The maximum Gasteiger partial charge on any atom is 0.241 e. The normalized spacial score (nSPS) is 17.2. The van der Waals surface area contributed by atoms with Gasteiger partial charge in [-0.2, -0.15) is 4.98 Å². The summed E-state index contributed by atoms with van der Waals surface area (Å²) in [5.41, 5.74) is 1.29. The van der Waals surface area contributed by atoms with E-state index in [9.17, 15) is 9.18 Å². The maximum absolute atomic E-state index is 13.7. The van der Waals surface area contributed by atoms with Crippen molar-refractivity contribution in [2.24, 2.45) is 5.92 Å². The van der Waals surface area contributed by atoms with Crippen LogP contribution in [0.4, 0.5) is 4.39 Å². The molecule has 1 unspecified atom stereocenters. The minimum absolute atomic E-state index is 0.0560. The first-order valence-corrected chi connectivity index (χ1v) is 9.65. The van der Waals surface area contributed by atoms with Crippen molar-refractivity contribution >= 4 is 5.91 Å². The second-order valence-electron chi connectivity index (χ2n) is 7.14. The second kappa shape index (κ2) is 8.91. The molecule has 1 aliphatic rings. The van der Waals surface area contributed by atoms with E-state index >= 15 is 0 Å². The van der Waals surface area contributed by atoms with Gasteiger partial charge in [0.05, 0.1) is 12.5 Å². The molecule has 8 heteroatoms. The van der Waals surface area contributed by atoms with Crippen LogP contribution in [-0.4, -0.2) is 39.0 Å². The molecule has 150 valence electrons. The summed E-state index contributed by atoms with van der Waals surface area (Å²) < 4.78 is 19.1. The number of rotatable bonds is 6. The summed E-state index contributed by atoms with van der Waals surface area (Å²) >= 11 is 0. The second-order valence-corrected chi connectivity index (χ2v) is 7.14. The van der Waals surface area contributed by atoms with Crippen LogP contribution in [0.15, 0.2) is 53.3 Å². The fourth-order valence-electron chi connectivity index (χ4n) is 3.50. The highest BCUT2D eigenvalue weighted by molar-refractivity contribution is 5.79. The van der Waals surface area contributed by atoms with E-state index in [4.69, 9.17) is 4.52 Å². The highest BCUT2D eigenvalue weighted by Crippen LogP contribution is 2.20. The molecule has 0 saturated carbocycles. The van der Waals surface area contributed by atoms with E-state index in [-0.39, 0.29) is 24.2 Å². The number of carbonyl (C=O) groups is 1. The number of nitrogens with zero attached hydrogens (tertiary/aromatic N) is 4. The fourth-order valence-corrected chi connectivity index (χ4v) is 3.50. The minimum atomic E-state index is -0.307. The van der Waals surface area contributed by atoms with E-state index in [0.29, 0.717) is 30.4 Å². The summed E-state index contributed by atoms with van der Waals surface area (Å²) in [5.74, 6) is 0.509. The van der Waals surface area contributed by atoms with Crippen LogP contribution in [0.5, 0.6) is 0 Å². The number of hydrogen-bond donors (Lipinski definition) is 1. The molecule has 3 aromatic rings. The Kier molecular flexibility index (Phi) is 5.90. The highest BCUT2D eigenvalue weighted by atomic mass is 19.1. The van der Waals surface area contributed by atoms with Crippen LogP contribution in [0.25, 0.3) is 11.4 Å². The molecule has 1 aliphatic heterocycles. The van der Waals surface area contributed by atoms with E-state index in [1.807, 2.05) is 12.1 Å². The van der Waals surface area contributed by atoms with Gasteiger partial charge in [-0.05, 0) is 37.6 Å². The third kappa shape index (κ3) is 4.83. The number of benzene rings is 1. The lowest BCUT2D eigenvalue weighted by Crippen LogP contribution is -2.42. The lowest BCUT2D eigenvalue weighted by atomic mass is 9.97. The summed E-state index contributed by atoms with van der Waals surface area (Å²) in [4.78, 5) is 23.2. The minimum Gasteiger partial charge on any atom is -0.352 e. The van der Waals surface area contributed by atoms with Crippen LogP contribution >= 0.6 is 0 Å². The monoisotopic (exact) mass is 395 g/mol. The standard InChI is InChI=1S/C21H22FN5O2/c22-18-8-2-1-5-15(18)12-24-21(28)17-7-4-10-27(13-17)14-19-25-20(26-29-19)16-6-3-9-23-11-16/h1-3,5-6,8-9,11,17H,4,7,10,12-14H2,(H,24,28). The van der Waals surface area contributed by atoms with E-state index in [1.165, 1.54) is 6.07 Å². The van der Waals surface area contributed by atoms with Gasteiger partial charge in [0, 0.05) is 36.6 Å². The van der Waals surface area contributed by atoms with Crippen LogP contribution in [0.3, 0.4) is 0 Å². The topological polar surface area (TPSA) is 84.2 Å². The van der Waals surface area contributed by atoms with Gasteiger partial charge in [-0.1, -0.05) is 23.4 Å². The Bertz CT molecular complexity index is 962. The Balaban J connectivity index is 1.32. The van der Waals surface area contributed by atoms with Crippen molar-refractivity contribution in [3.63, 3.8) is 0 Å². The van der Waals surface area contributed by atoms with Crippen LogP contribution in [-0.2, 0) is 17.9 Å². The molecule has 1 N–H and O–H groups in total. The van der Waals surface area contributed by atoms with Crippen LogP contribution in [0.1, 0.15) is 24.3 Å². The Morgan fingerprint density at radius 2 is 2.17 bits per heavy atom. The first-order chi connectivity index (χ1) is 14.2. The van der Waals surface area contributed by atoms with Gasteiger partial charge in [-0.3, -0.25) is 14.7 Å². The number of piperidine rings is 1. The molecule has 4 rings (SSSR count). The summed E-state index contributed by atoms with van der Waals surface area (Å²) in [6.07, 6.45) is 5.09. The zero-order chi connectivity index (χ0) is 20.1. The van der Waals surface area contributed by atoms with E-state index in [1.54, 1.807) is 30.6 Å². The van der Waals surface area contributed by atoms with Gasteiger partial charge in [0.1, 0.15) is 5.82 Å². The molecule has 1 saturated heterocycles. The molecule has 1 fully saturated rings. The molecule has 0 aliphatic carbocycles. The number of likely N-dealkylation sites (tertiary alicyclic amines) is 1. The summed E-state index contributed by atoms with van der Waals surface area (Å²) in [6, 6.07) is 10.2. The van der Waals surface area contributed by atoms with Crippen molar-refractivity contribution < 1.29 is 13.7 Å². The van der Waals surface area contributed by atoms with Crippen LogP contribution < -0.4 is 5.32 Å². The molecule has 1 amide bonds. The third-order valence-electron chi connectivity index (χ3n) is 5.03. The van der Waals surface area contributed by atoms with Gasteiger partial charge in [0.2, 0.25) is 17.6 Å². The van der Waals surface area contributed by atoms with Crippen molar-refractivity contribution in [2.45, 2.75) is 25.9 Å². The molecule has 0 spiro atoms. The Morgan fingerprint density at radius 1 is 1.28 bits per heavy atom. The molecule has 29 heavy (non-hydrogen) atoms. The third-order valence-corrected chi connectivity index (χ3v) is 5.03. The lowest BCUT2D eigenvalue weighted by molar-refractivity contribution is -0.127. The van der Waals surface area contributed by atoms with Crippen molar-refractivity contribution in [3.8, 4) is 11.4 Å². The maximum atomic E-state index is 13.7. The average molecular weight is 395 g/mol. The average Bonchev–Trinajstić information content (AvgIpc) is 3.22. The zero-order valence-corrected chi connectivity index (χ0v) is 15.9. The van der Waals surface area contributed by atoms with E-state index in [0.717, 1.165) is 24.9 Å². The van der Waals surface area contributed by atoms with Gasteiger partial charge >= 0.3 is 0 Å². The quantitative estimate of drug-likeness (QED) is 0.691. The number of carbonyl (C=O) groups excluding carboxylic acids is 1. The molecule has 1 atom stereocenters. The number of amides is 1. The molecule has 0 bridgehead atoms. The number of nitrogens with one attached hydrogen (secondary N) is 1. The number of pyridine rings is 1. The van der Waals surface area contributed by atoms with Crippen LogP contribution in [0.2, 0.25) is 0 Å². The highest BCUT2D eigenvalue weighted by Gasteiger charge is 2.27. The van der Waals surface area contributed by atoms with Crippen molar-refractivity contribution in [3.05, 3.63) is 66.1 Å². The van der Waals surface area contributed by atoms with Crippen molar-refractivity contribution in [1.82, 2.24) is 25.3 Å². The molecular formula is C21H22FN5O2. The molecule has 1 aromatic carbocycles. The molecule has 3 heterocycles. The van der Waals surface area contributed by atoms with Gasteiger partial charge < -0.3 is 9.84 Å². The van der Waals surface area contributed by atoms with Gasteiger partial charge in [-0.15, -0.1) is 0 Å². The molecule has 7 nitrogen and oxygen atoms in total. The van der Waals surface area contributed by atoms with Gasteiger partial charge in [-0.25, -0.2) is 4.39 Å². The SMILES string of the molecule is O=C(NCc1ccccc1F)C1CCCN(Cc2nc(-c3cccnc3)no2)C1. The van der Waals surface area contributed by atoms with E-state index in [2.05, 4.69) is 25.3 Å². The first-order valence-electron chi connectivity index (χ1n) is 9.65. The predicted octanol–water partition coefficient (Wildman–Crippen LogP) is 2.80. The van der Waals surface area contributed by atoms with E-state index < -0.39 is 0 Å².